The second kappa shape index (κ2) is 9.47. The van der Waals surface area contributed by atoms with Crippen molar-refractivity contribution >= 4 is 18.3 Å². The largest absolute Gasteiger partial charge is 0.497 e. The van der Waals surface area contributed by atoms with Gasteiger partial charge in [0.2, 0.25) is 5.91 Å². The molecule has 1 amide bonds. The number of benzene rings is 1. The fourth-order valence-electron chi connectivity index (χ4n) is 1.62. The summed E-state index contributed by atoms with van der Waals surface area (Å²) in [6.45, 7) is 4.80. The highest BCUT2D eigenvalue weighted by Crippen LogP contribution is 2.16. The normalized spacial score (nSPS) is 11.5. The van der Waals surface area contributed by atoms with Crippen molar-refractivity contribution in [2.45, 2.75) is 19.9 Å². The van der Waals surface area contributed by atoms with Crippen LogP contribution >= 0.6 is 12.4 Å². The van der Waals surface area contributed by atoms with Crippen LogP contribution in [0.4, 0.5) is 0 Å². The van der Waals surface area contributed by atoms with Crippen molar-refractivity contribution in [3.63, 3.8) is 0 Å². The number of nitrogens with zero attached hydrogens (tertiary/aromatic N) is 1. The molecule has 1 aromatic rings. The molecule has 21 heavy (non-hydrogen) atoms. The number of rotatable bonds is 7. The molecule has 2 N–H and O–H groups in total. The summed E-state index contributed by atoms with van der Waals surface area (Å²) in [5, 5.41) is 0. The number of hydrogen-bond donors (Lipinski definition) is 1. The van der Waals surface area contributed by atoms with Gasteiger partial charge in [0.1, 0.15) is 18.1 Å². The lowest BCUT2D eigenvalue weighted by atomic mass is 10.0. The van der Waals surface area contributed by atoms with E-state index >= 15 is 0 Å². The second-order valence-corrected chi connectivity index (χ2v) is 5.05. The molecule has 0 aliphatic rings. The lowest BCUT2D eigenvalue weighted by Gasteiger charge is -2.23. The van der Waals surface area contributed by atoms with Gasteiger partial charge in [-0.15, -0.1) is 12.4 Å². The zero-order valence-electron chi connectivity index (χ0n) is 13.0. The Balaban J connectivity index is 0.00000400. The van der Waals surface area contributed by atoms with E-state index in [-0.39, 0.29) is 24.2 Å². The number of carbonyl (C=O) groups excluding carboxylic acids is 1. The summed E-state index contributed by atoms with van der Waals surface area (Å²) >= 11 is 0. The minimum absolute atomic E-state index is 0. The van der Waals surface area contributed by atoms with E-state index in [9.17, 15) is 4.79 Å². The maximum atomic E-state index is 11.9. The summed E-state index contributed by atoms with van der Waals surface area (Å²) in [6.07, 6.45) is 0. The maximum absolute atomic E-state index is 11.9. The first-order valence-electron chi connectivity index (χ1n) is 6.73. The van der Waals surface area contributed by atoms with E-state index < -0.39 is 6.04 Å². The van der Waals surface area contributed by atoms with Crippen LogP contribution in [0.25, 0.3) is 0 Å². The molecule has 0 radical (unpaired) electrons. The number of carbonyl (C=O) groups is 1. The van der Waals surface area contributed by atoms with Crippen molar-refractivity contribution in [3.8, 4) is 11.5 Å². The summed E-state index contributed by atoms with van der Waals surface area (Å²) in [6, 6.07) is 6.87. The molecule has 5 nitrogen and oxygen atoms in total. The van der Waals surface area contributed by atoms with Gasteiger partial charge in [0.05, 0.1) is 19.7 Å². The van der Waals surface area contributed by atoms with E-state index in [1.54, 1.807) is 19.1 Å². The molecule has 0 aromatic heterocycles. The van der Waals surface area contributed by atoms with Crippen LogP contribution in [0.3, 0.4) is 0 Å². The van der Waals surface area contributed by atoms with Gasteiger partial charge in [-0.1, -0.05) is 13.8 Å². The van der Waals surface area contributed by atoms with Gasteiger partial charge in [0, 0.05) is 7.05 Å². The molecule has 1 atom stereocenters. The van der Waals surface area contributed by atoms with Gasteiger partial charge in [-0.25, -0.2) is 0 Å². The van der Waals surface area contributed by atoms with E-state index in [2.05, 4.69) is 0 Å². The smallest absolute Gasteiger partial charge is 0.239 e. The molecule has 0 fully saturated rings. The SMILES string of the molecule is COc1ccc(OCCN(C)C(=O)[C@H](N)C(C)C)cc1.Cl. The number of ether oxygens (including phenoxy) is 2. The molecular formula is C15H25ClN2O3. The van der Waals surface area contributed by atoms with Gasteiger partial charge in [-0.2, -0.15) is 0 Å². The molecule has 0 unspecified atom stereocenters. The Morgan fingerprint density at radius 3 is 2.24 bits per heavy atom. The van der Waals surface area contributed by atoms with Crippen LogP contribution in [0.5, 0.6) is 11.5 Å². The Hall–Kier alpha value is -1.46. The van der Waals surface area contributed by atoms with Crippen molar-refractivity contribution in [2.75, 3.05) is 27.3 Å². The summed E-state index contributed by atoms with van der Waals surface area (Å²) in [7, 11) is 3.36. The zero-order valence-corrected chi connectivity index (χ0v) is 13.9. The van der Waals surface area contributed by atoms with Crippen molar-refractivity contribution in [1.29, 1.82) is 0 Å². The minimum atomic E-state index is -0.457. The van der Waals surface area contributed by atoms with Crippen LogP contribution in [-0.2, 0) is 4.79 Å². The molecule has 120 valence electrons. The molecule has 0 saturated carbocycles. The highest BCUT2D eigenvalue weighted by molar-refractivity contribution is 5.85. The Bertz CT molecular complexity index is 423. The number of likely N-dealkylation sites (N-methyl/N-ethyl adjacent to an activating group) is 1. The fourth-order valence-corrected chi connectivity index (χ4v) is 1.62. The number of methoxy groups -OCH3 is 1. The van der Waals surface area contributed by atoms with Gasteiger partial charge in [-0.3, -0.25) is 4.79 Å². The van der Waals surface area contributed by atoms with Gasteiger partial charge in [0.15, 0.2) is 0 Å². The highest BCUT2D eigenvalue weighted by atomic mass is 35.5. The van der Waals surface area contributed by atoms with Crippen LogP contribution in [0.15, 0.2) is 24.3 Å². The lowest BCUT2D eigenvalue weighted by molar-refractivity contribution is -0.132. The zero-order chi connectivity index (χ0) is 15.1. The van der Waals surface area contributed by atoms with Gasteiger partial charge >= 0.3 is 0 Å². The van der Waals surface area contributed by atoms with Crippen LogP contribution in [0.1, 0.15) is 13.8 Å². The predicted molar refractivity (Wildman–Crippen MR) is 86.2 cm³/mol. The summed E-state index contributed by atoms with van der Waals surface area (Å²) < 4.78 is 10.6. The van der Waals surface area contributed by atoms with Crippen molar-refractivity contribution < 1.29 is 14.3 Å². The molecule has 0 aliphatic heterocycles. The highest BCUT2D eigenvalue weighted by Gasteiger charge is 2.20. The van der Waals surface area contributed by atoms with Gasteiger partial charge in [0.25, 0.3) is 0 Å². The standard InChI is InChI=1S/C15H24N2O3.ClH/c1-11(2)14(16)15(18)17(3)9-10-20-13-7-5-12(19-4)6-8-13;/h5-8,11,14H,9-10,16H2,1-4H3;1H/t14-;/m1./s1. The molecule has 0 heterocycles. The Morgan fingerprint density at radius 1 is 1.24 bits per heavy atom. The van der Waals surface area contributed by atoms with Crippen LogP contribution in [0.2, 0.25) is 0 Å². The van der Waals surface area contributed by atoms with E-state index in [4.69, 9.17) is 15.2 Å². The molecule has 0 spiro atoms. The third-order valence-electron chi connectivity index (χ3n) is 3.13. The topological polar surface area (TPSA) is 64.8 Å². The number of hydrogen-bond acceptors (Lipinski definition) is 4. The van der Waals surface area contributed by atoms with E-state index in [1.165, 1.54) is 0 Å². The molecule has 1 rings (SSSR count). The Morgan fingerprint density at radius 2 is 1.76 bits per heavy atom. The average Bonchev–Trinajstić information content (AvgIpc) is 2.46. The first-order chi connectivity index (χ1) is 9.45. The van der Waals surface area contributed by atoms with Gasteiger partial charge in [-0.05, 0) is 30.2 Å². The molecule has 0 bridgehead atoms. The molecule has 6 heteroatoms. The number of amides is 1. The number of nitrogens with two attached hydrogens (primary N) is 1. The lowest BCUT2D eigenvalue weighted by Crippen LogP contribution is -2.46. The third kappa shape index (κ3) is 6.23. The van der Waals surface area contributed by atoms with Crippen molar-refractivity contribution in [1.82, 2.24) is 4.90 Å². The maximum Gasteiger partial charge on any atom is 0.239 e. The predicted octanol–water partition coefficient (Wildman–Crippen LogP) is 1.94. The number of halogens is 1. The van der Waals surface area contributed by atoms with Crippen molar-refractivity contribution in [3.05, 3.63) is 24.3 Å². The van der Waals surface area contributed by atoms with Gasteiger partial charge < -0.3 is 20.1 Å². The van der Waals surface area contributed by atoms with Crippen molar-refractivity contribution in [2.24, 2.45) is 11.7 Å². The van der Waals surface area contributed by atoms with Crippen LogP contribution in [-0.4, -0.2) is 44.2 Å². The van der Waals surface area contributed by atoms with Crippen LogP contribution < -0.4 is 15.2 Å². The molecule has 0 aliphatic carbocycles. The molecular weight excluding hydrogens is 292 g/mol. The second-order valence-electron chi connectivity index (χ2n) is 5.05. The monoisotopic (exact) mass is 316 g/mol. The summed E-state index contributed by atoms with van der Waals surface area (Å²) in [4.78, 5) is 13.5. The first kappa shape index (κ1) is 19.5. The average molecular weight is 317 g/mol. The molecule has 1 aromatic carbocycles. The van der Waals surface area contributed by atoms with E-state index in [0.29, 0.717) is 13.2 Å². The Kier molecular flexibility index (Phi) is 8.81. The van der Waals surface area contributed by atoms with E-state index in [0.717, 1.165) is 11.5 Å². The van der Waals surface area contributed by atoms with Crippen LogP contribution in [0, 0.1) is 5.92 Å². The fraction of sp³-hybridized carbons (Fsp3) is 0.533. The third-order valence-corrected chi connectivity index (χ3v) is 3.13. The summed E-state index contributed by atoms with van der Waals surface area (Å²) in [5.74, 6) is 1.61. The minimum Gasteiger partial charge on any atom is -0.497 e. The van der Waals surface area contributed by atoms with E-state index in [1.807, 2.05) is 38.1 Å². The summed E-state index contributed by atoms with van der Waals surface area (Å²) in [5.41, 5.74) is 5.83. The Labute approximate surface area is 132 Å². The first-order valence-corrected chi connectivity index (χ1v) is 6.73. The quantitative estimate of drug-likeness (QED) is 0.835. The molecule has 0 saturated heterocycles.